The Morgan fingerprint density at radius 2 is 2.12 bits per heavy atom. The van der Waals surface area contributed by atoms with Crippen molar-refractivity contribution in [2.75, 3.05) is 6.61 Å². The van der Waals surface area contributed by atoms with Crippen LogP contribution in [0.25, 0.3) is 6.08 Å². The first kappa shape index (κ1) is 19.8. The molecular formula is C15H13ClF3NO6. The van der Waals surface area contributed by atoms with Crippen LogP contribution in [0.5, 0.6) is 5.75 Å². The molecular weight excluding hydrogens is 383 g/mol. The zero-order valence-corrected chi connectivity index (χ0v) is 14.3. The van der Waals surface area contributed by atoms with Crippen LogP contribution >= 0.6 is 11.6 Å². The number of ether oxygens (including phenoxy) is 2. The van der Waals surface area contributed by atoms with Crippen LogP contribution in [0, 0.1) is 17.0 Å². The Morgan fingerprint density at radius 3 is 2.69 bits per heavy atom. The Balaban J connectivity index is 2.33. The molecule has 1 aliphatic heterocycles. The zero-order chi connectivity index (χ0) is 19.6. The van der Waals surface area contributed by atoms with Crippen molar-refractivity contribution in [2.45, 2.75) is 32.2 Å². The number of fused-ring (bicyclic) bond motifs is 1. The molecule has 2 unspecified atom stereocenters. The second-order valence-electron chi connectivity index (χ2n) is 5.52. The van der Waals surface area contributed by atoms with Gasteiger partial charge in [-0.2, -0.15) is 13.2 Å². The molecule has 0 aliphatic carbocycles. The third kappa shape index (κ3) is 4.57. The molecule has 11 heteroatoms. The molecule has 0 radical (unpaired) electrons. The normalized spacial score (nSPS) is 17.5. The van der Waals surface area contributed by atoms with Gasteiger partial charge in [0.2, 0.25) is 6.10 Å². The van der Waals surface area contributed by atoms with Crippen molar-refractivity contribution in [1.29, 1.82) is 0 Å². The molecule has 2 rings (SSSR count). The van der Waals surface area contributed by atoms with Crippen LogP contribution in [0.15, 0.2) is 17.7 Å². The summed E-state index contributed by atoms with van der Waals surface area (Å²) in [5.41, 5.74) is -0.227. The van der Waals surface area contributed by atoms with E-state index in [2.05, 4.69) is 4.84 Å². The summed E-state index contributed by atoms with van der Waals surface area (Å²) in [6, 6.07) is 2.78. The lowest BCUT2D eigenvalue weighted by atomic mass is 9.99. The minimum atomic E-state index is -4.88. The number of alkyl halides is 3. The molecule has 2 atom stereocenters. The molecule has 0 saturated heterocycles. The number of carbonyl (C=O) groups is 1. The SMILES string of the molecule is Cc1cc(Cl)cc2c1OC(C(F)(F)F)C(C(=O)OC(C)CO[N+](=O)[O-])=C2. The number of hydrogen-bond acceptors (Lipinski definition) is 6. The van der Waals surface area contributed by atoms with E-state index in [1.165, 1.54) is 26.0 Å². The number of benzene rings is 1. The minimum Gasteiger partial charge on any atom is -0.475 e. The summed E-state index contributed by atoms with van der Waals surface area (Å²) >= 11 is 5.89. The summed E-state index contributed by atoms with van der Waals surface area (Å²) in [5, 5.41) is 9.28. The minimum absolute atomic E-state index is 0.0435. The predicted octanol–water partition coefficient (Wildman–Crippen LogP) is 3.50. The van der Waals surface area contributed by atoms with E-state index in [0.29, 0.717) is 5.56 Å². The van der Waals surface area contributed by atoms with Crippen molar-refractivity contribution in [2.24, 2.45) is 0 Å². The van der Waals surface area contributed by atoms with Gasteiger partial charge in [0.25, 0.3) is 5.09 Å². The van der Waals surface area contributed by atoms with Gasteiger partial charge in [-0.3, -0.25) is 0 Å². The number of carbonyl (C=O) groups excluding carboxylic acids is 1. The molecule has 0 fully saturated rings. The van der Waals surface area contributed by atoms with Crippen molar-refractivity contribution in [1.82, 2.24) is 0 Å². The van der Waals surface area contributed by atoms with Crippen LogP contribution < -0.4 is 4.74 Å². The summed E-state index contributed by atoms with van der Waals surface area (Å²) < 4.78 is 49.8. The van der Waals surface area contributed by atoms with E-state index >= 15 is 0 Å². The van der Waals surface area contributed by atoms with Gasteiger partial charge in [0.15, 0.2) is 0 Å². The zero-order valence-electron chi connectivity index (χ0n) is 13.5. The van der Waals surface area contributed by atoms with Crippen molar-refractivity contribution in [3.63, 3.8) is 0 Å². The topological polar surface area (TPSA) is 87.9 Å². The molecule has 0 amide bonds. The fourth-order valence-electron chi connectivity index (χ4n) is 2.31. The molecule has 7 nitrogen and oxygen atoms in total. The summed E-state index contributed by atoms with van der Waals surface area (Å²) in [5.74, 6) is -1.37. The largest absolute Gasteiger partial charge is 0.475 e. The van der Waals surface area contributed by atoms with Crippen LogP contribution in [0.3, 0.4) is 0 Å². The Morgan fingerprint density at radius 1 is 1.46 bits per heavy atom. The van der Waals surface area contributed by atoms with Crippen molar-refractivity contribution in [3.8, 4) is 5.75 Å². The maximum Gasteiger partial charge on any atom is 0.430 e. The van der Waals surface area contributed by atoms with E-state index in [1.807, 2.05) is 0 Å². The molecule has 0 saturated carbocycles. The summed E-state index contributed by atoms with van der Waals surface area (Å²) in [7, 11) is 0. The van der Waals surface area contributed by atoms with Gasteiger partial charge in [-0.05, 0) is 37.6 Å². The van der Waals surface area contributed by atoms with E-state index in [4.69, 9.17) is 21.1 Å². The third-order valence-corrected chi connectivity index (χ3v) is 3.57. The number of aryl methyl sites for hydroxylation is 1. The van der Waals surface area contributed by atoms with Gasteiger partial charge >= 0.3 is 12.1 Å². The molecule has 1 aromatic rings. The van der Waals surface area contributed by atoms with Gasteiger partial charge in [0.05, 0.1) is 5.57 Å². The lowest BCUT2D eigenvalue weighted by molar-refractivity contribution is -0.759. The Hall–Kier alpha value is -2.49. The second kappa shape index (κ2) is 7.40. The van der Waals surface area contributed by atoms with Gasteiger partial charge < -0.3 is 14.3 Å². The van der Waals surface area contributed by atoms with E-state index in [1.54, 1.807) is 0 Å². The molecule has 0 bridgehead atoms. The van der Waals surface area contributed by atoms with E-state index in [0.717, 1.165) is 6.08 Å². The number of hydrogen-bond donors (Lipinski definition) is 0. The van der Waals surface area contributed by atoms with E-state index in [9.17, 15) is 28.1 Å². The molecule has 0 aromatic heterocycles. The highest BCUT2D eigenvalue weighted by molar-refractivity contribution is 6.30. The highest BCUT2D eigenvalue weighted by atomic mass is 35.5. The maximum atomic E-state index is 13.3. The molecule has 26 heavy (non-hydrogen) atoms. The molecule has 0 spiro atoms. The number of rotatable bonds is 5. The molecule has 1 heterocycles. The first-order valence-electron chi connectivity index (χ1n) is 7.22. The second-order valence-corrected chi connectivity index (χ2v) is 5.95. The van der Waals surface area contributed by atoms with Crippen LogP contribution in [0.1, 0.15) is 18.1 Å². The van der Waals surface area contributed by atoms with Crippen LogP contribution in [0.4, 0.5) is 13.2 Å². The Labute approximate surface area is 150 Å². The highest BCUT2D eigenvalue weighted by Gasteiger charge is 2.49. The Kier molecular flexibility index (Phi) is 5.65. The molecule has 142 valence electrons. The average molecular weight is 396 g/mol. The average Bonchev–Trinajstić information content (AvgIpc) is 2.50. The third-order valence-electron chi connectivity index (χ3n) is 3.35. The number of nitrogens with zero attached hydrogens (tertiary/aromatic N) is 1. The van der Waals surface area contributed by atoms with Gasteiger partial charge in [0, 0.05) is 10.6 Å². The fraction of sp³-hybridized carbons (Fsp3) is 0.400. The molecule has 1 aliphatic rings. The first-order chi connectivity index (χ1) is 12.0. The van der Waals surface area contributed by atoms with Crippen molar-refractivity contribution in [3.05, 3.63) is 44.0 Å². The summed E-state index contributed by atoms with van der Waals surface area (Å²) in [6.07, 6.45) is -7.58. The van der Waals surface area contributed by atoms with Crippen molar-refractivity contribution < 1.29 is 37.4 Å². The van der Waals surface area contributed by atoms with Crippen LogP contribution in [-0.4, -0.2) is 36.0 Å². The lowest BCUT2D eigenvalue weighted by Crippen LogP contribution is -2.41. The van der Waals surface area contributed by atoms with E-state index < -0.39 is 41.6 Å². The quantitative estimate of drug-likeness (QED) is 0.431. The number of halogens is 4. The number of esters is 1. The van der Waals surface area contributed by atoms with Gasteiger partial charge in [-0.25, -0.2) is 4.79 Å². The fourth-order valence-corrected chi connectivity index (χ4v) is 2.59. The van der Waals surface area contributed by atoms with Gasteiger partial charge in [0.1, 0.15) is 18.5 Å². The molecule has 1 aromatic carbocycles. The highest BCUT2D eigenvalue weighted by Crippen LogP contribution is 2.40. The summed E-state index contributed by atoms with van der Waals surface area (Å²) in [6.45, 7) is 2.14. The predicted molar refractivity (Wildman–Crippen MR) is 83.1 cm³/mol. The van der Waals surface area contributed by atoms with Crippen LogP contribution in [0.2, 0.25) is 5.02 Å². The van der Waals surface area contributed by atoms with Gasteiger partial charge in [-0.15, -0.1) is 10.1 Å². The van der Waals surface area contributed by atoms with E-state index in [-0.39, 0.29) is 16.3 Å². The monoisotopic (exact) mass is 395 g/mol. The van der Waals surface area contributed by atoms with Crippen LogP contribution in [-0.2, 0) is 14.4 Å². The maximum absolute atomic E-state index is 13.3. The standard InChI is InChI=1S/C15H13ClF3NO6/c1-7-3-10(16)4-9-5-11(13(15(17,18)19)26-12(7)9)14(21)25-8(2)6-24-20(22)23/h3-5,8,13H,6H2,1-2H3. The first-order valence-corrected chi connectivity index (χ1v) is 7.60. The van der Waals surface area contributed by atoms with Gasteiger partial charge in [-0.1, -0.05) is 11.6 Å². The smallest absolute Gasteiger partial charge is 0.430 e. The lowest BCUT2D eigenvalue weighted by Gasteiger charge is -2.29. The Bertz CT molecular complexity index is 764. The molecule has 0 N–H and O–H groups in total. The van der Waals surface area contributed by atoms with Crippen molar-refractivity contribution >= 4 is 23.6 Å². The summed E-state index contributed by atoms with van der Waals surface area (Å²) in [4.78, 5) is 26.3.